The van der Waals surface area contributed by atoms with Gasteiger partial charge in [0.15, 0.2) is 5.69 Å². The maximum Gasteiger partial charge on any atom is 0.273 e. The molecule has 6 nitrogen and oxygen atoms in total. The fourth-order valence-corrected chi connectivity index (χ4v) is 1.63. The highest BCUT2D eigenvalue weighted by molar-refractivity contribution is 5.91. The van der Waals surface area contributed by atoms with Crippen molar-refractivity contribution in [1.29, 1.82) is 0 Å². The minimum absolute atomic E-state index is 0.113. The van der Waals surface area contributed by atoms with Crippen molar-refractivity contribution in [2.45, 2.75) is 32.2 Å². The minimum Gasteiger partial charge on any atom is -0.396 e. The van der Waals surface area contributed by atoms with Crippen LogP contribution in [-0.4, -0.2) is 52.4 Å². The Morgan fingerprint density at radius 1 is 1.42 bits per heavy atom. The highest BCUT2D eigenvalue weighted by Crippen LogP contribution is 2.19. The first-order chi connectivity index (χ1) is 8.91. The van der Waals surface area contributed by atoms with E-state index in [9.17, 15) is 4.79 Å². The van der Waals surface area contributed by atoms with Crippen molar-refractivity contribution in [2.75, 3.05) is 26.0 Å². The van der Waals surface area contributed by atoms with E-state index in [0.717, 1.165) is 6.42 Å². The Morgan fingerprint density at radius 3 is 2.53 bits per heavy atom. The molecule has 0 radical (unpaired) electrons. The van der Waals surface area contributed by atoms with E-state index < -0.39 is 0 Å². The summed E-state index contributed by atoms with van der Waals surface area (Å²) in [4.78, 5) is 13.1. The van der Waals surface area contributed by atoms with Gasteiger partial charge in [-0.25, -0.2) is 0 Å². The van der Waals surface area contributed by atoms with Gasteiger partial charge in [0.1, 0.15) is 5.82 Å². The second-order valence-electron chi connectivity index (χ2n) is 5.02. The van der Waals surface area contributed by atoms with E-state index in [4.69, 9.17) is 5.11 Å². The standard InChI is InChI=1S/C13H22N4O2/c1-5-13(2,8-9-18)14-11-7-6-10(15-16-11)12(19)17(3)4/h6-7,18H,5,8-9H2,1-4H3,(H,14,16). The van der Waals surface area contributed by atoms with Gasteiger partial charge in [-0.1, -0.05) is 6.92 Å². The van der Waals surface area contributed by atoms with Gasteiger partial charge in [0.05, 0.1) is 0 Å². The molecule has 2 N–H and O–H groups in total. The molecule has 0 aliphatic rings. The summed E-state index contributed by atoms with van der Waals surface area (Å²) in [5.41, 5.74) is 0.0900. The van der Waals surface area contributed by atoms with Gasteiger partial charge in [-0.05, 0) is 31.9 Å². The largest absolute Gasteiger partial charge is 0.396 e. The molecule has 106 valence electrons. The molecule has 1 heterocycles. The third-order valence-electron chi connectivity index (χ3n) is 3.16. The summed E-state index contributed by atoms with van der Waals surface area (Å²) in [7, 11) is 3.34. The molecular formula is C13H22N4O2. The third-order valence-corrected chi connectivity index (χ3v) is 3.16. The van der Waals surface area contributed by atoms with E-state index in [0.29, 0.717) is 17.9 Å². The third kappa shape index (κ3) is 4.17. The summed E-state index contributed by atoms with van der Waals surface area (Å²) in [5, 5.41) is 20.2. The Kier molecular flexibility index (Phi) is 5.23. The summed E-state index contributed by atoms with van der Waals surface area (Å²) < 4.78 is 0. The molecule has 1 unspecified atom stereocenters. The maximum absolute atomic E-state index is 11.7. The van der Waals surface area contributed by atoms with Crippen LogP contribution in [0.25, 0.3) is 0 Å². The highest BCUT2D eigenvalue weighted by Gasteiger charge is 2.21. The molecule has 1 amide bonds. The lowest BCUT2D eigenvalue weighted by atomic mass is 9.95. The molecule has 0 saturated heterocycles. The average molecular weight is 266 g/mol. The van der Waals surface area contributed by atoms with Crippen molar-refractivity contribution in [3.63, 3.8) is 0 Å². The van der Waals surface area contributed by atoms with E-state index in [1.165, 1.54) is 4.90 Å². The lowest BCUT2D eigenvalue weighted by molar-refractivity contribution is 0.0821. The predicted molar refractivity (Wildman–Crippen MR) is 74.1 cm³/mol. The number of aliphatic hydroxyl groups is 1. The van der Waals surface area contributed by atoms with Crippen LogP contribution in [0.2, 0.25) is 0 Å². The van der Waals surface area contributed by atoms with Gasteiger partial charge in [0.2, 0.25) is 0 Å². The fraction of sp³-hybridized carbons (Fsp3) is 0.615. The number of carbonyl (C=O) groups is 1. The van der Waals surface area contributed by atoms with Crippen molar-refractivity contribution < 1.29 is 9.90 Å². The normalized spacial score (nSPS) is 13.7. The Balaban J connectivity index is 2.79. The molecule has 0 saturated carbocycles. The Bertz CT molecular complexity index is 419. The van der Waals surface area contributed by atoms with Crippen LogP contribution in [-0.2, 0) is 0 Å². The topological polar surface area (TPSA) is 78.4 Å². The number of hydrogen-bond acceptors (Lipinski definition) is 5. The summed E-state index contributed by atoms with van der Waals surface area (Å²) in [6.07, 6.45) is 1.48. The minimum atomic E-state index is -0.226. The molecule has 0 spiro atoms. The number of nitrogens with one attached hydrogen (secondary N) is 1. The number of carbonyl (C=O) groups excluding carboxylic acids is 1. The van der Waals surface area contributed by atoms with Gasteiger partial charge in [0, 0.05) is 26.2 Å². The summed E-state index contributed by atoms with van der Waals surface area (Å²) in [5.74, 6) is 0.431. The predicted octanol–water partition coefficient (Wildman–Crippen LogP) is 1.14. The van der Waals surface area contributed by atoms with Gasteiger partial charge >= 0.3 is 0 Å². The zero-order valence-corrected chi connectivity index (χ0v) is 12.0. The number of nitrogens with zero attached hydrogens (tertiary/aromatic N) is 3. The van der Waals surface area contributed by atoms with Crippen LogP contribution in [0.4, 0.5) is 5.82 Å². The molecule has 0 bridgehead atoms. The summed E-state index contributed by atoms with van der Waals surface area (Å²) in [6.45, 7) is 4.17. The van der Waals surface area contributed by atoms with Crippen molar-refractivity contribution in [3.8, 4) is 0 Å². The molecule has 0 fully saturated rings. The Morgan fingerprint density at radius 2 is 2.11 bits per heavy atom. The zero-order valence-electron chi connectivity index (χ0n) is 12.0. The second kappa shape index (κ2) is 6.47. The lowest BCUT2D eigenvalue weighted by Crippen LogP contribution is -2.35. The zero-order chi connectivity index (χ0) is 14.5. The number of amides is 1. The summed E-state index contributed by atoms with van der Waals surface area (Å²) in [6, 6.07) is 3.38. The van der Waals surface area contributed by atoms with E-state index in [1.807, 2.05) is 13.8 Å². The first kappa shape index (κ1) is 15.4. The first-order valence-corrected chi connectivity index (χ1v) is 6.36. The van der Waals surface area contributed by atoms with Gasteiger partial charge in [-0.2, -0.15) is 0 Å². The molecule has 0 aliphatic carbocycles. The molecule has 1 rings (SSSR count). The Hall–Kier alpha value is -1.69. The molecule has 0 aliphatic heterocycles. The number of hydrogen-bond donors (Lipinski definition) is 2. The molecular weight excluding hydrogens is 244 g/mol. The highest BCUT2D eigenvalue weighted by atomic mass is 16.3. The van der Waals surface area contributed by atoms with Gasteiger partial charge < -0.3 is 15.3 Å². The van der Waals surface area contributed by atoms with Gasteiger partial charge in [0.25, 0.3) is 5.91 Å². The molecule has 0 aromatic carbocycles. The van der Waals surface area contributed by atoms with E-state index in [-0.39, 0.29) is 18.1 Å². The van der Waals surface area contributed by atoms with Crippen molar-refractivity contribution in [1.82, 2.24) is 15.1 Å². The monoisotopic (exact) mass is 266 g/mol. The number of anilines is 1. The van der Waals surface area contributed by atoms with E-state index in [1.54, 1.807) is 26.2 Å². The van der Waals surface area contributed by atoms with Crippen LogP contribution in [0.15, 0.2) is 12.1 Å². The lowest BCUT2D eigenvalue weighted by Gasteiger charge is -2.29. The van der Waals surface area contributed by atoms with Gasteiger partial charge in [-0.15, -0.1) is 10.2 Å². The van der Waals surface area contributed by atoms with E-state index in [2.05, 4.69) is 15.5 Å². The smallest absolute Gasteiger partial charge is 0.273 e. The van der Waals surface area contributed by atoms with Crippen LogP contribution in [0.5, 0.6) is 0 Å². The molecule has 1 aromatic heterocycles. The summed E-state index contributed by atoms with van der Waals surface area (Å²) >= 11 is 0. The van der Waals surface area contributed by atoms with Crippen molar-refractivity contribution in [3.05, 3.63) is 17.8 Å². The van der Waals surface area contributed by atoms with Crippen molar-refractivity contribution in [2.24, 2.45) is 0 Å². The van der Waals surface area contributed by atoms with Crippen LogP contribution < -0.4 is 5.32 Å². The first-order valence-electron chi connectivity index (χ1n) is 6.36. The van der Waals surface area contributed by atoms with E-state index >= 15 is 0 Å². The Labute approximate surface area is 113 Å². The molecule has 1 aromatic rings. The SMILES string of the molecule is CCC(C)(CCO)Nc1ccc(C(=O)N(C)C)nn1. The number of rotatable bonds is 6. The van der Waals surface area contributed by atoms with Gasteiger partial charge in [-0.3, -0.25) is 4.79 Å². The molecule has 19 heavy (non-hydrogen) atoms. The average Bonchev–Trinajstić information content (AvgIpc) is 2.39. The van der Waals surface area contributed by atoms with Crippen LogP contribution in [0.1, 0.15) is 37.2 Å². The number of aromatic nitrogens is 2. The van der Waals surface area contributed by atoms with Crippen LogP contribution >= 0.6 is 0 Å². The van der Waals surface area contributed by atoms with Crippen LogP contribution in [0.3, 0.4) is 0 Å². The van der Waals surface area contributed by atoms with Crippen molar-refractivity contribution >= 4 is 11.7 Å². The maximum atomic E-state index is 11.7. The molecule has 1 atom stereocenters. The number of aliphatic hydroxyl groups excluding tert-OH is 1. The molecule has 6 heteroatoms. The second-order valence-corrected chi connectivity index (χ2v) is 5.02. The quantitative estimate of drug-likeness (QED) is 0.807. The van der Waals surface area contributed by atoms with Crippen LogP contribution in [0, 0.1) is 0 Å². The fourth-order valence-electron chi connectivity index (χ4n) is 1.63.